The van der Waals surface area contributed by atoms with Crippen molar-refractivity contribution in [3.63, 3.8) is 0 Å². The lowest BCUT2D eigenvalue weighted by Crippen LogP contribution is -2.50. The van der Waals surface area contributed by atoms with Crippen molar-refractivity contribution in [3.05, 3.63) is 83.6 Å². The number of methoxy groups -OCH3 is 1. The van der Waals surface area contributed by atoms with Gasteiger partial charge in [-0.15, -0.1) is 0 Å². The van der Waals surface area contributed by atoms with Crippen LogP contribution in [0.1, 0.15) is 61.3 Å². The molecule has 240 valence electrons. The van der Waals surface area contributed by atoms with Crippen LogP contribution in [0.2, 0.25) is 0 Å². The molecular formula is C36H50N2O6. The van der Waals surface area contributed by atoms with Crippen molar-refractivity contribution in [2.45, 2.75) is 85.7 Å². The zero-order valence-corrected chi connectivity index (χ0v) is 27.4. The van der Waals surface area contributed by atoms with Gasteiger partial charge in [-0.1, -0.05) is 85.8 Å². The van der Waals surface area contributed by atoms with E-state index in [4.69, 9.17) is 19.9 Å². The van der Waals surface area contributed by atoms with E-state index < -0.39 is 18.2 Å². The van der Waals surface area contributed by atoms with Gasteiger partial charge in [0.1, 0.15) is 12.2 Å². The van der Waals surface area contributed by atoms with Crippen LogP contribution in [0.4, 0.5) is 4.79 Å². The van der Waals surface area contributed by atoms with Crippen molar-refractivity contribution in [2.75, 3.05) is 7.11 Å². The Kier molecular flexibility index (Phi) is 12.2. The summed E-state index contributed by atoms with van der Waals surface area (Å²) in [5.41, 5.74) is 8.05. The van der Waals surface area contributed by atoms with Crippen LogP contribution in [0, 0.1) is 29.1 Å². The standard InChI is InChI=1S/C36H50N2O6/c1-22-10-9-11-33(40)44-34(25(4)19-26(5)38-27(6)39)24(3)13-12-23(2)18-28-14-15-30-31(36(28,7)17-16-22)20-29(42-8)21-32(30)43-35(37)41/h9-19,24,26,28-32,34H,20-21H2,1-8H3,(H2,37,41)(H,38,39)/b11-9+,13-12+,17-16+,22-10-,23-18+,25-19+/t24-,26-,28-,29+,30-,31-,32+,34-,36+/m1/s1. The van der Waals surface area contributed by atoms with E-state index in [1.165, 1.54) is 13.0 Å². The van der Waals surface area contributed by atoms with E-state index in [9.17, 15) is 14.4 Å². The molecule has 9 atom stereocenters. The average Bonchev–Trinajstić information content (AvgIpc) is 2.93. The summed E-state index contributed by atoms with van der Waals surface area (Å²) in [7, 11) is 1.70. The maximum atomic E-state index is 12.9. The van der Waals surface area contributed by atoms with Gasteiger partial charge in [-0.25, -0.2) is 9.59 Å². The van der Waals surface area contributed by atoms with Crippen molar-refractivity contribution in [1.29, 1.82) is 0 Å². The Morgan fingerprint density at radius 1 is 1.11 bits per heavy atom. The van der Waals surface area contributed by atoms with E-state index in [1.807, 2.05) is 39.8 Å². The molecule has 3 aliphatic rings. The highest BCUT2D eigenvalue weighted by Gasteiger charge is 2.50. The molecule has 0 bridgehead atoms. The summed E-state index contributed by atoms with van der Waals surface area (Å²) in [6.07, 6.45) is 21.8. The average molecular weight is 607 g/mol. The van der Waals surface area contributed by atoms with Crippen LogP contribution in [0.3, 0.4) is 0 Å². The monoisotopic (exact) mass is 606 g/mol. The first-order valence-corrected chi connectivity index (χ1v) is 15.5. The molecule has 8 heteroatoms. The molecule has 1 aliphatic heterocycles. The molecule has 0 aromatic rings. The molecule has 0 spiro atoms. The van der Waals surface area contributed by atoms with Gasteiger partial charge in [0.15, 0.2) is 0 Å². The fraction of sp³-hybridized carbons (Fsp3) is 0.528. The van der Waals surface area contributed by atoms with E-state index in [-0.39, 0.29) is 53.2 Å². The van der Waals surface area contributed by atoms with Crippen molar-refractivity contribution >= 4 is 18.0 Å². The second kappa shape index (κ2) is 15.4. The Morgan fingerprint density at radius 3 is 2.50 bits per heavy atom. The quantitative estimate of drug-likeness (QED) is 0.281. The number of nitrogens with one attached hydrogen (secondary N) is 1. The highest BCUT2D eigenvalue weighted by atomic mass is 16.6. The predicted octanol–water partition coefficient (Wildman–Crippen LogP) is 6.28. The second-order valence-corrected chi connectivity index (χ2v) is 12.8. The number of hydrogen-bond acceptors (Lipinski definition) is 6. The number of hydrogen-bond donors (Lipinski definition) is 2. The van der Waals surface area contributed by atoms with Crippen LogP contribution < -0.4 is 11.1 Å². The third kappa shape index (κ3) is 9.18. The van der Waals surface area contributed by atoms with E-state index in [1.54, 1.807) is 13.2 Å². The summed E-state index contributed by atoms with van der Waals surface area (Å²) in [5, 5.41) is 2.86. The van der Waals surface area contributed by atoms with Gasteiger partial charge >= 0.3 is 12.1 Å². The summed E-state index contributed by atoms with van der Waals surface area (Å²) in [5.74, 6) is -0.501. The molecule has 1 heterocycles. The Balaban J connectivity index is 2.07. The van der Waals surface area contributed by atoms with Gasteiger partial charge in [0.25, 0.3) is 0 Å². The van der Waals surface area contributed by atoms with Gasteiger partial charge in [0.2, 0.25) is 5.91 Å². The topological polar surface area (TPSA) is 117 Å². The SMILES string of the molecule is CO[C@@H]1C[C@H](OC(N)=O)[C@@H]2C=C[C@@H]3/C=C(C)/C=C/[C@@H](C)[C@H](/C(C)=C/[C@@H](C)NC(C)=O)OC(=O)/C=C/C=C(C)\C=C\[C@]3(C)[C@@H]2C1. The minimum atomic E-state index is -0.772. The normalized spacial score (nSPS) is 38.2. The molecule has 3 rings (SSSR count). The van der Waals surface area contributed by atoms with Crippen LogP contribution in [0.25, 0.3) is 0 Å². The Morgan fingerprint density at radius 2 is 1.84 bits per heavy atom. The zero-order chi connectivity index (χ0) is 32.6. The van der Waals surface area contributed by atoms with Gasteiger partial charge in [-0.2, -0.15) is 0 Å². The molecule has 1 fully saturated rings. The third-order valence-electron chi connectivity index (χ3n) is 9.08. The number of carbonyl (C=O) groups excluding carboxylic acids is 3. The molecule has 8 nitrogen and oxygen atoms in total. The number of cyclic esters (lactones) is 1. The fourth-order valence-electron chi connectivity index (χ4n) is 6.80. The molecule has 44 heavy (non-hydrogen) atoms. The number of nitrogens with two attached hydrogens (primary N) is 1. The first-order valence-electron chi connectivity index (χ1n) is 15.5. The number of esters is 1. The lowest BCUT2D eigenvalue weighted by molar-refractivity contribution is -0.142. The largest absolute Gasteiger partial charge is 0.454 e. The molecule has 3 N–H and O–H groups in total. The van der Waals surface area contributed by atoms with Crippen LogP contribution >= 0.6 is 0 Å². The molecule has 0 aromatic carbocycles. The molecular weight excluding hydrogens is 556 g/mol. The van der Waals surface area contributed by atoms with E-state index in [2.05, 4.69) is 61.7 Å². The first-order chi connectivity index (χ1) is 20.7. The van der Waals surface area contributed by atoms with Crippen LogP contribution in [0.5, 0.6) is 0 Å². The smallest absolute Gasteiger partial charge is 0.404 e. The van der Waals surface area contributed by atoms with Crippen molar-refractivity contribution in [3.8, 4) is 0 Å². The number of allylic oxidation sites excluding steroid dienone is 9. The maximum Gasteiger partial charge on any atom is 0.404 e. The molecule has 1 saturated carbocycles. The summed E-state index contributed by atoms with van der Waals surface area (Å²) in [4.78, 5) is 36.2. The van der Waals surface area contributed by atoms with Gasteiger partial charge in [-0.3, -0.25) is 4.79 Å². The maximum absolute atomic E-state index is 12.9. The van der Waals surface area contributed by atoms with Crippen LogP contribution in [-0.2, 0) is 23.8 Å². The summed E-state index contributed by atoms with van der Waals surface area (Å²) >= 11 is 0. The Bertz CT molecular complexity index is 1290. The number of rotatable bonds is 5. The second-order valence-electron chi connectivity index (χ2n) is 12.8. The molecule has 2 amide bonds. The summed E-state index contributed by atoms with van der Waals surface area (Å²) in [6.45, 7) is 13.6. The molecule has 0 saturated heterocycles. The minimum absolute atomic E-state index is 0.00372. The van der Waals surface area contributed by atoms with E-state index in [0.29, 0.717) is 6.42 Å². The predicted molar refractivity (Wildman–Crippen MR) is 173 cm³/mol. The van der Waals surface area contributed by atoms with E-state index in [0.717, 1.165) is 23.1 Å². The van der Waals surface area contributed by atoms with Crippen molar-refractivity contribution in [2.24, 2.45) is 34.8 Å². The Hall–Kier alpha value is -3.65. The number of carbonyl (C=O) groups is 3. The van der Waals surface area contributed by atoms with Gasteiger partial charge in [0.05, 0.1) is 6.10 Å². The summed E-state index contributed by atoms with van der Waals surface area (Å²) in [6, 6.07) is -0.206. The first kappa shape index (κ1) is 34.8. The summed E-state index contributed by atoms with van der Waals surface area (Å²) < 4.78 is 17.4. The zero-order valence-electron chi connectivity index (χ0n) is 27.4. The minimum Gasteiger partial charge on any atom is -0.454 e. The van der Waals surface area contributed by atoms with Gasteiger partial charge in [0, 0.05) is 50.3 Å². The lowest BCUT2D eigenvalue weighted by Gasteiger charge is -2.51. The van der Waals surface area contributed by atoms with Gasteiger partial charge in [-0.05, 0) is 51.0 Å². The van der Waals surface area contributed by atoms with E-state index >= 15 is 0 Å². The lowest BCUT2D eigenvalue weighted by atomic mass is 9.55. The number of fused-ring (bicyclic) bond motifs is 3. The fourth-order valence-corrected chi connectivity index (χ4v) is 6.80. The number of amides is 2. The molecule has 0 unspecified atom stereocenters. The van der Waals surface area contributed by atoms with Crippen LogP contribution in [-0.4, -0.2) is 49.4 Å². The number of primary amides is 1. The molecule has 0 radical (unpaired) electrons. The van der Waals surface area contributed by atoms with Crippen LogP contribution in [0.15, 0.2) is 83.6 Å². The Labute approximate surface area is 262 Å². The highest BCUT2D eigenvalue weighted by molar-refractivity contribution is 5.82. The van der Waals surface area contributed by atoms with Crippen molar-refractivity contribution in [1.82, 2.24) is 5.32 Å². The third-order valence-corrected chi connectivity index (χ3v) is 9.08. The molecule has 0 aromatic heterocycles. The van der Waals surface area contributed by atoms with Crippen molar-refractivity contribution < 1.29 is 28.6 Å². The number of ether oxygens (including phenoxy) is 3. The van der Waals surface area contributed by atoms with Gasteiger partial charge < -0.3 is 25.3 Å². The molecule has 2 aliphatic carbocycles. The highest BCUT2D eigenvalue weighted by Crippen LogP contribution is 2.53.